The number of imidazole rings is 1. The Morgan fingerprint density at radius 1 is 1.47 bits per heavy atom. The summed E-state index contributed by atoms with van der Waals surface area (Å²) in [6.45, 7) is 7.81. The second-order valence-corrected chi connectivity index (χ2v) is 8.75. The zero-order valence-corrected chi connectivity index (χ0v) is 19.3. The molecule has 1 unspecified atom stereocenters. The number of thioether (sulfide) groups is 1. The molecule has 1 aliphatic heterocycles. The first kappa shape index (κ1) is 22.2. The Labute approximate surface area is 191 Å². The molecule has 2 N–H and O–H groups in total. The van der Waals surface area contributed by atoms with E-state index in [1.165, 1.54) is 11.8 Å². The van der Waals surface area contributed by atoms with Crippen LogP contribution in [0.15, 0.2) is 23.4 Å². The molecule has 0 spiro atoms. The highest BCUT2D eigenvalue weighted by atomic mass is 32.2. The Morgan fingerprint density at radius 2 is 2.31 bits per heavy atom. The van der Waals surface area contributed by atoms with Crippen LogP contribution in [0.1, 0.15) is 36.6 Å². The van der Waals surface area contributed by atoms with E-state index in [1.54, 1.807) is 0 Å². The third kappa shape index (κ3) is 4.61. The average molecular weight is 454 g/mol. The summed E-state index contributed by atoms with van der Waals surface area (Å²) in [5, 5.41) is 13.3. The van der Waals surface area contributed by atoms with E-state index in [2.05, 4.69) is 21.4 Å². The van der Waals surface area contributed by atoms with Gasteiger partial charge in [-0.1, -0.05) is 11.8 Å². The number of amides is 1. The van der Waals surface area contributed by atoms with Crippen molar-refractivity contribution in [3.8, 4) is 11.8 Å². The molecule has 32 heavy (non-hydrogen) atoms. The van der Waals surface area contributed by atoms with E-state index in [-0.39, 0.29) is 17.8 Å². The fourth-order valence-corrected chi connectivity index (χ4v) is 4.63. The molecule has 1 saturated heterocycles. The number of aromatic amines is 1. The smallest absolute Gasteiger partial charge is 0.235 e. The second-order valence-electron chi connectivity index (χ2n) is 7.78. The minimum Gasteiger partial charge on any atom is -0.494 e. The number of carbonyl (C=O) groups excluding carboxylic acids is 1. The van der Waals surface area contributed by atoms with Gasteiger partial charge in [0.2, 0.25) is 5.91 Å². The van der Waals surface area contributed by atoms with E-state index in [1.807, 2.05) is 43.5 Å². The molecule has 9 heteroatoms. The number of rotatable bonds is 8. The van der Waals surface area contributed by atoms with Crippen molar-refractivity contribution >= 4 is 34.5 Å². The number of hydrogen-bond donors (Lipinski definition) is 2. The van der Waals surface area contributed by atoms with Gasteiger partial charge in [-0.3, -0.25) is 4.79 Å². The van der Waals surface area contributed by atoms with Crippen molar-refractivity contribution in [3.05, 3.63) is 35.0 Å². The topological polar surface area (TPSA) is 105 Å². The lowest BCUT2D eigenvalue weighted by molar-refractivity contribution is -0.113. The van der Waals surface area contributed by atoms with Gasteiger partial charge < -0.3 is 24.3 Å². The largest absolute Gasteiger partial charge is 0.494 e. The molecule has 3 aromatic rings. The summed E-state index contributed by atoms with van der Waals surface area (Å²) >= 11 is 1.32. The molecule has 0 saturated carbocycles. The maximum atomic E-state index is 12.8. The Hall–Kier alpha value is -2.96. The number of nitrogens with one attached hydrogen (secondary N) is 2. The number of anilines is 1. The zero-order chi connectivity index (χ0) is 22.7. The minimum absolute atomic E-state index is 0.106. The van der Waals surface area contributed by atoms with Crippen molar-refractivity contribution in [1.29, 1.82) is 5.26 Å². The molecule has 2 aromatic heterocycles. The van der Waals surface area contributed by atoms with Gasteiger partial charge in [0.25, 0.3) is 0 Å². The van der Waals surface area contributed by atoms with Crippen LogP contribution in [0.5, 0.6) is 5.75 Å². The maximum absolute atomic E-state index is 12.8. The van der Waals surface area contributed by atoms with Crippen molar-refractivity contribution in [2.75, 3.05) is 24.3 Å². The zero-order valence-electron chi connectivity index (χ0n) is 18.5. The van der Waals surface area contributed by atoms with Crippen molar-refractivity contribution in [2.45, 2.75) is 51.4 Å². The van der Waals surface area contributed by atoms with Gasteiger partial charge in [0, 0.05) is 18.4 Å². The first-order valence-electron chi connectivity index (χ1n) is 10.8. The Kier molecular flexibility index (Phi) is 6.72. The summed E-state index contributed by atoms with van der Waals surface area (Å²) in [6.07, 6.45) is 2.13. The van der Waals surface area contributed by atoms with Crippen molar-refractivity contribution in [3.63, 3.8) is 0 Å². The van der Waals surface area contributed by atoms with Crippen LogP contribution < -0.4 is 10.1 Å². The number of H-pyrrole nitrogens is 1. The molecule has 0 radical (unpaired) electrons. The first-order valence-corrected chi connectivity index (χ1v) is 11.7. The number of carbonyl (C=O) groups is 1. The number of benzene rings is 1. The predicted octanol–water partition coefficient (Wildman–Crippen LogP) is 4.16. The fourth-order valence-electron chi connectivity index (χ4n) is 3.94. The molecule has 168 valence electrons. The standard InChI is InChI=1S/C23H27N5O3S/c1-4-30-16-7-8-19-20(10-16)26-23(25-19)32-13-21(29)27-22-18(11-24)14(2)15(3)28(22)12-17-6-5-9-31-17/h7-8,10,17H,4-6,9,12-13H2,1-3H3,(H,25,26)(H,27,29). The van der Waals surface area contributed by atoms with E-state index in [0.717, 1.165) is 47.5 Å². The molecular weight excluding hydrogens is 426 g/mol. The number of nitrogens with zero attached hydrogens (tertiary/aromatic N) is 3. The van der Waals surface area contributed by atoms with E-state index < -0.39 is 0 Å². The van der Waals surface area contributed by atoms with Gasteiger partial charge in [-0.15, -0.1) is 0 Å². The number of ether oxygens (including phenoxy) is 2. The number of hydrogen-bond acceptors (Lipinski definition) is 6. The normalized spacial score (nSPS) is 15.8. The molecule has 1 atom stereocenters. The average Bonchev–Trinajstić information content (AvgIpc) is 3.48. The number of fused-ring (bicyclic) bond motifs is 1. The highest BCUT2D eigenvalue weighted by Crippen LogP contribution is 2.29. The van der Waals surface area contributed by atoms with Gasteiger partial charge in [0.1, 0.15) is 17.6 Å². The lowest BCUT2D eigenvalue weighted by Gasteiger charge is -2.16. The van der Waals surface area contributed by atoms with Crippen LogP contribution in [-0.2, 0) is 16.1 Å². The molecule has 8 nitrogen and oxygen atoms in total. The van der Waals surface area contributed by atoms with Crippen LogP contribution in [0.4, 0.5) is 5.82 Å². The van der Waals surface area contributed by atoms with Gasteiger partial charge in [-0.2, -0.15) is 5.26 Å². The van der Waals surface area contributed by atoms with Crippen LogP contribution in [0.25, 0.3) is 11.0 Å². The lowest BCUT2D eigenvalue weighted by Crippen LogP contribution is -2.22. The molecular formula is C23H27N5O3S. The van der Waals surface area contributed by atoms with Gasteiger partial charge >= 0.3 is 0 Å². The molecule has 1 aromatic carbocycles. The molecule has 1 fully saturated rings. The monoisotopic (exact) mass is 453 g/mol. The highest BCUT2D eigenvalue weighted by Gasteiger charge is 2.24. The van der Waals surface area contributed by atoms with Crippen molar-refractivity contribution in [1.82, 2.24) is 14.5 Å². The van der Waals surface area contributed by atoms with Gasteiger partial charge in [0.15, 0.2) is 5.16 Å². The van der Waals surface area contributed by atoms with E-state index >= 15 is 0 Å². The van der Waals surface area contributed by atoms with Gasteiger partial charge in [-0.25, -0.2) is 4.98 Å². The summed E-state index contributed by atoms with van der Waals surface area (Å²) in [5.74, 6) is 1.31. The van der Waals surface area contributed by atoms with E-state index in [0.29, 0.717) is 29.7 Å². The summed E-state index contributed by atoms with van der Waals surface area (Å²) in [7, 11) is 0. The van der Waals surface area contributed by atoms with Gasteiger partial charge in [0.05, 0.1) is 41.6 Å². The Morgan fingerprint density at radius 3 is 3.03 bits per heavy atom. The SMILES string of the molecule is CCOc1ccc2nc(SCC(=O)Nc3c(C#N)c(C)c(C)n3CC3CCCO3)[nH]c2c1. The van der Waals surface area contributed by atoms with Crippen LogP contribution in [0, 0.1) is 25.2 Å². The highest BCUT2D eigenvalue weighted by molar-refractivity contribution is 7.99. The second kappa shape index (κ2) is 9.67. The van der Waals surface area contributed by atoms with Crippen LogP contribution >= 0.6 is 11.8 Å². The van der Waals surface area contributed by atoms with Crippen LogP contribution in [0.3, 0.4) is 0 Å². The molecule has 3 heterocycles. The number of nitriles is 1. The van der Waals surface area contributed by atoms with E-state index in [9.17, 15) is 10.1 Å². The van der Waals surface area contributed by atoms with Crippen LogP contribution in [0.2, 0.25) is 0 Å². The Balaban J connectivity index is 1.46. The summed E-state index contributed by atoms with van der Waals surface area (Å²) < 4.78 is 13.3. The quantitative estimate of drug-likeness (QED) is 0.496. The molecule has 0 bridgehead atoms. The minimum atomic E-state index is -0.187. The maximum Gasteiger partial charge on any atom is 0.235 e. The third-order valence-electron chi connectivity index (χ3n) is 5.69. The molecule has 1 aliphatic rings. The van der Waals surface area contributed by atoms with Gasteiger partial charge in [-0.05, 0) is 51.3 Å². The molecule has 0 aliphatic carbocycles. The molecule has 4 rings (SSSR count). The molecule has 1 amide bonds. The van der Waals surface area contributed by atoms with Crippen LogP contribution in [-0.4, -0.2) is 45.5 Å². The third-order valence-corrected chi connectivity index (χ3v) is 6.57. The fraction of sp³-hybridized carbons (Fsp3) is 0.435. The van der Waals surface area contributed by atoms with Crippen molar-refractivity contribution in [2.24, 2.45) is 0 Å². The predicted molar refractivity (Wildman–Crippen MR) is 124 cm³/mol. The Bertz CT molecular complexity index is 1170. The summed E-state index contributed by atoms with van der Waals surface area (Å²) in [5.41, 5.74) is 4.05. The number of aromatic nitrogens is 3. The first-order chi connectivity index (χ1) is 15.5. The summed E-state index contributed by atoms with van der Waals surface area (Å²) in [4.78, 5) is 20.5. The summed E-state index contributed by atoms with van der Waals surface area (Å²) in [6, 6.07) is 7.92. The van der Waals surface area contributed by atoms with Crippen molar-refractivity contribution < 1.29 is 14.3 Å². The lowest BCUT2D eigenvalue weighted by atomic mass is 10.2. The van der Waals surface area contributed by atoms with E-state index in [4.69, 9.17) is 9.47 Å².